The molecule has 9 nitrogen and oxygen atoms in total. The Morgan fingerprint density at radius 3 is 2.56 bits per heavy atom. The van der Waals surface area contributed by atoms with E-state index in [1.165, 1.54) is 0 Å². The van der Waals surface area contributed by atoms with Crippen LogP contribution in [0.4, 0.5) is 28.8 Å². The van der Waals surface area contributed by atoms with Gasteiger partial charge in [0.2, 0.25) is 5.95 Å². The number of halogens is 1. The number of aryl methyl sites for hydroxylation is 1. The Morgan fingerprint density at radius 2 is 1.85 bits per heavy atom. The summed E-state index contributed by atoms with van der Waals surface area (Å²) in [6, 6.07) is 7.38. The van der Waals surface area contributed by atoms with Crippen molar-refractivity contribution in [3.8, 4) is 5.75 Å². The number of benzene rings is 2. The summed E-state index contributed by atoms with van der Waals surface area (Å²) in [5.74, 6) is 1.44. The highest BCUT2D eigenvalue weighted by Gasteiger charge is 2.22. The number of anilines is 5. The molecule has 0 atom stereocenters. The number of hydrogen-bond acceptors (Lipinski definition) is 9. The van der Waals surface area contributed by atoms with Crippen molar-refractivity contribution in [1.29, 1.82) is 0 Å². The van der Waals surface area contributed by atoms with Crippen LogP contribution < -0.4 is 26.4 Å². The van der Waals surface area contributed by atoms with Crippen molar-refractivity contribution < 1.29 is 9.30 Å². The summed E-state index contributed by atoms with van der Waals surface area (Å²) >= 11 is 3.51. The maximum atomic E-state index is 13.2. The number of nitrogen functional groups attached to an aromatic ring is 1. The number of nitrogens with two attached hydrogens (primary N) is 1. The van der Waals surface area contributed by atoms with Crippen LogP contribution in [0.2, 0.25) is 0 Å². The van der Waals surface area contributed by atoms with Crippen LogP contribution in [0.5, 0.6) is 5.75 Å². The Hall–Kier alpha value is -3.23. The van der Waals surface area contributed by atoms with Gasteiger partial charge in [0.25, 0.3) is 0 Å². The maximum Gasteiger partial charge on any atom is 0.229 e. The van der Waals surface area contributed by atoms with Crippen LogP contribution in [0.3, 0.4) is 0 Å². The van der Waals surface area contributed by atoms with E-state index in [2.05, 4.69) is 46.5 Å². The third-order valence-corrected chi connectivity index (χ3v) is 7.35. The third kappa shape index (κ3) is 4.83. The van der Waals surface area contributed by atoms with E-state index in [4.69, 9.17) is 10.5 Å². The molecule has 0 spiro atoms. The molecule has 0 saturated heterocycles. The van der Waals surface area contributed by atoms with Crippen LogP contribution in [0.1, 0.15) is 12.5 Å². The maximum absolute atomic E-state index is 13.2. The largest absolute Gasteiger partial charge is 0.494 e. The molecule has 2 heterocycles. The minimum Gasteiger partial charge on any atom is -0.494 e. The zero-order valence-corrected chi connectivity index (χ0v) is 21.7. The Labute approximate surface area is 206 Å². The summed E-state index contributed by atoms with van der Waals surface area (Å²) in [6.07, 6.45) is 5.63. The van der Waals surface area contributed by atoms with Gasteiger partial charge in [-0.2, -0.15) is 4.98 Å². The molecular formula is C23H25BrN7O2P. The van der Waals surface area contributed by atoms with Gasteiger partial charge in [-0.15, -0.1) is 0 Å². The SMILES string of the molecule is CCc1cc(Nc2ncc(Br)c(Nc3ccc4nccnc4c3P(C)(C)=O)n2)c(OC)cc1N. The van der Waals surface area contributed by atoms with Gasteiger partial charge in [0, 0.05) is 30.3 Å². The van der Waals surface area contributed by atoms with E-state index >= 15 is 0 Å². The highest BCUT2D eigenvalue weighted by atomic mass is 79.9. The van der Waals surface area contributed by atoms with E-state index in [0.717, 1.165) is 12.0 Å². The first-order chi connectivity index (χ1) is 16.2. The molecule has 2 aromatic heterocycles. The van der Waals surface area contributed by atoms with E-state index in [-0.39, 0.29) is 0 Å². The van der Waals surface area contributed by atoms with Gasteiger partial charge in [0.15, 0.2) is 0 Å². The topological polar surface area (TPSA) is 128 Å². The van der Waals surface area contributed by atoms with Crippen LogP contribution in [0.25, 0.3) is 11.0 Å². The van der Waals surface area contributed by atoms with Gasteiger partial charge in [-0.25, -0.2) is 4.98 Å². The molecule has 0 unspecified atom stereocenters. The lowest BCUT2D eigenvalue weighted by Gasteiger charge is -2.18. The average Bonchev–Trinajstić information content (AvgIpc) is 2.81. The van der Waals surface area contributed by atoms with Crippen LogP contribution in [0.15, 0.2) is 47.3 Å². The van der Waals surface area contributed by atoms with Gasteiger partial charge in [0.1, 0.15) is 24.2 Å². The molecule has 34 heavy (non-hydrogen) atoms. The Kier molecular flexibility index (Phi) is 6.72. The molecule has 0 fully saturated rings. The van der Waals surface area contributed by atoms with Gasteiger partial charge < -0.3 is 25.7 Å². The first-order valence-electron chi connectivity index (χ1n) is 10.5. The predicted molar refractivity (Wildman–Crippen MR) is 142 cm³/mol. The number of hydrogen-bond donors (Lipinski definition) is 3. The average molecular weight is 542 g/mol. The van der Waals surface area contributed by atoms with Crippen molar-refractivity contribution in [2.24, 2.45) is 0 Å². The molecule has 0 aliphatic carbocycles. The molecule has 2 aromatic carbocycles. The van der Waals surface area contributed by atoms with Crippen molar-refractivity contribution in [1.82, 2.24) is 19.9 Å². The Balaban J connectivity index is 1.74. The fourth-order valence-corrected chi connectivity index (χ4v) is 5.33. The molecule has 4 N–H and O–H groups in total. The lowest BCUT2D eigenvalue weighted by atomic mass is 10.1. The van der Waals surface area contributed by atoms with Crippen LogP contribution in [0, 0.1) is 0 Å². The number of fused-ring (bicyclic) bond motifs is 1. The second kappa shape index (κ2) is 9.56. The molecule has 4 aromatic rings. The second-order valence-electron chi connectivity index (χ2n) is 7.98. The highest BCUT2D eigenvalue weighted by Crippen LogP contribution is 2.41. The zero-order chi connectivity index (χ0) is 24.5. The van der Waals surface area contributed by atoms with Crippen molar-refractivity contribution in [3.63, 3.8) is 0 Å². The minimum atomic E-state index is -2.71. The van der Waals surface area contributed by atoms with Crippen molar-refractivity contribution in [2.75, 3.05) is 36.8 Å². The summed E-state index contributed by atoms with van der Waals surface area (Å²) in [5, 5.41) is 7.13. The standard InChI is InChI=1S/C23H25BrN7O2P/c1-5-13-10-18(19(33-2)11-15(13)25)30-23-28-12-14(24)22(31-23)29-17-7-6-16-20(27-9-8-26-16)21(17)34(3,4)32/h6-12H,5,25H2,1-4H3,(H2,28,29,30,31). The molecule has 0 saturated carbocycles. The second-order valence-corrected chi connectivity index (χ2v) is 12.0. The number of methoxy groups -OCH3 is 1. The predicted octanol–water partition coefficient (Wildman–Crippen LogP) is 5.07. The first kappa shape index (κ1) is 23.9. The van der Waals surface area contributed by atoms with E-state index in [1.54, 1.807) is 45.1 Å². The minimum absolute atomic E-state index is 0.356. The Morgan fingerprint density at radius 1 is 1.09 bits per heavy atom. The number of rotatable bonds is 7. The number of aromatic nitrogens is 4. The van der Waals surface area contributed by atoms with Gasteiger partial charge in [-0.3, -0.25) is 9.97 Å². The fraction of sp³-hybridized carbons (Fsp3) is 0.217. The number of nitrogens with one attached hydrogen (secondary N) is 2. The van der Waals surface area contributed by atoms with E-state index < -0.39 is 7.14 Å². The normalized spacial score (nSPS) is 11.4. The molecule has 0 amide bonds. The lowest BCUT2D eigenvalue weighted by Crippen LogP contribution is -2.14. The summed E-state index contributed by atoms with van der Waals surface area (Å²) in [5.41, 5.74) is 10.4. The molecule has 4 rings (SSSR count). The molecule has 0 bridgehead atoms. The van der Waals surface area contributed by atoms with Crippen molar-refractivity contribution in [2.45, 2.75) is 13.3 Å². The molecule has 0 aliphatic rings. The summed E-state index contributed by atoms with van der Waals surface area (Å²) < 4.78 is 19.3. The lowest BCUT2D eigenvalue weighted by molar-refractivity contribution is 0.417. The molecule has 0 radical (unpaired) electrons. The molecular weight excluding hydrogens is 517 g/mol. The first-order valence-corrected chi connectivity index (χ1v) is 13.9. The van der Waals surface area contributed by atoms with Crippen molar-refractivity contribution >= 4 is 68.2 Å². The number of ether oxygens (including phenoxy) is 1. The van der Waals surface area contributed by atoms with Gasteiger partial charge in [0.05, 0.1) is 33.8 Å². The van der Waals surface area contributed by atoms with E-state index in [0.29, 0.717) is 55.4 Å². The van der Waals surface area contributed by atoms with Gasteiger partial charge >= 0.3 is 0 Å². The zero-order valence-electron chi connectivity index (χ0n) is 19.3. The molecule has 176 valence electrons. The third-order valence-electron chi connectivity index (χ3n) is 5.24. The van der Waals surface area contributed by atoms with Crippen molar-refractivity contribution in [3.05, 3.63) is 52.9 Å². The summed E-state index contributed by atoms with van der Waals surface area (Å²) in [6.45, 7) is 5.45. The monoisotopic (exact) mass is 541 g/mol. The quantitative estimate of drug-likeness (QED) is 0.217. The summed E-state index contributed by atoms with van der Waals surface area (Å²) in [4.78, 5) is 17.8. The van der Waals surface area contributed by atoms with Gasteiger partial charge in [-0.05, 0) is 59.4 Å². The van der Waals surface area contributed by atoms with E-state index in [1.807, 2.05) is 25.1 Å². The van der Waals surface area contributed by atoms with Gasteiger partial charge in [-0.1, -0.05) is 6.92 Å². The highest BCUT2D eigenvalue weighted by molar-refractivity contribution is 9.10. The Bertz CT molecular complexity index is 1420. The molecule has 0 aliphatic heterocycles. The summed E-state index contributed by atoms with van der Waals surface area (Å²) in [7, 11) is -1.13. The van der Waals surface area contributed by atoms with Crippen LogP contribution in [-0.2, 0) is 11.0 Å². The van der Waals surface area contributed by atoms with E-state index in [9.17, 15) is 4.57 Å². The molecule has 11 heteroatoms. The smallest absolute Gasteiger partial charge is 0.229 e. The fourth-order valence-electron chi connectivity index (χ4n) is 3.64. The van der Waals surface area contributed by atoms with Crippen LogP contribution >= 0.6 is 23.1 Å². The number of nitrogens with zero attached hydrogens (tertiary/aromatic N) is 4. The van der Waals surface area contributed by atoms with Crippen LogP contribution in [-0.4, -0.2) is 40.4 Å².